The molecule has 0 fully saturated rings. The first kappa shape index (κ1) is 8.66. The van der Waals surface area contributed by atoms with E-state index in [0.717, 1.165) is 24.2 Å². The van der Waals surface area contributed by atoms with E-state index in [1.807, 2.05) is 6.92 Å². The molecule has 0 aromatic rings. The van der Waals surface area contributed by atoms with Gasteiger partial charge in [-0.25, -0.2) is 3.97 Å². The van der Waals surface area contributed by atoms with E-state index >= 15 is 0 Å². The van der Waals surface area contributed by atoms with Crippen molar-refractivity contribution in [3.8, 4) is 0 Å². The summed E-state index contributed by atoms with van der Waals surface area (Å²) in [6, 6.07) is 0. The minimum atomic E-state index is -2.15. The third-order valence-electron chi connectivity index (χ3n) is 0.407. The zero-order valence-corrected chi connectivity index (χ0v) is 6.28. The molecule has 5 heteroatoms. The van der Waals surface area contributed by atoms with Gasteiger partial charge in [0.1, 0.15) is 0 Å². The fraction of sp³-hybridized carbons (Fsp3) is 1.00. The fourth-order valence-corrected chi connectivity index (χ4v) is 1.01. The van der Waals surface area contributed by atoms with Crippen LogP contribution in [0, 0.1) is 0 Å². The molecule has 0 aliphatic carbocycles. The molecule has 0 unspecified atom stereocenters. The van der Waals surface area contributed by atoms with E-state index in [2.05, 4.69) is 3.97 Å². The van der Waals surface area contributed by atoms with Crippen molar-refractivity contribution in [2.24, 2.45) is 0 Å². The summed E-state index contributed by atoms with van der Waals surface area (Å²) >= 11 is 1.09. The standard InChI is InChI=1S/C3H9O3PS/c1-2-3-8-6-7(4)5/h4-5H,2-3H2,1H3. The molecule has 0 rings (SSSR count). The maximum atomic E-state index is 8.16. The van der Waals surface area contributed by atoms with Crippen LogP contribution in [0.1, 0.15) is 13.3 Å². The molecular formula is C3H9O3PS. The highest BCUT2D eigenvalue weighted by Gasteiger charge is 1.96. The Balaban J connectivity index is 2.72. The van der Waals surface area contributed by atoms with Gasteiger partial charge in [0.2, 0.25) is 0 Å². The first-order valence-electron chi connectivity index (χ1n) is 2.25. The fourth-order valence-electron chi connectivity index (χ4n) is 0.168. The van der Waals surface area contributed by atoms with Gasteiger partial charge in [-0.05, 0) is 6.42 Å². The van der Waals surface area contributed by atoms with E-state index < -0.39 is 8.60 Å². The summed E-state index contributed by atoms with van der Waals surface area (Å²) in [5.74, 6) is 0.806. The molecular weight excluding hydrogens is 147 g/mol. The lowest BCUT2D eigenvalue weighted by Crippen LogP contribution is -1.74. The van der Waals surface area contributed by atoms with E-state index in [-0.39, 0.29) is 0 Å². The SMILES string of the molecule is CCCSOP(O)O. The molecule has 0 atom stereocenters. The Morgan fingerprint density at radius 2 is 2.25 bits per heavy atom. The van der Waals surface area contributed by atoms with Crippen molar-refractivity contribution < 1.29 is 13.8 Å². The van der Waals surface area contributed by atoms with Crippen molar-refractivity contribution in [1.82, 2.24) is 0 Å². The summed E-state index contributed by atoms with van der Waals surface area (Å²) < 4.78 is 4.37. The smallest absolute Gasteiger partial charge is 0.328 e. The van der Waals surface area contributed by atoms with Gasteiger partial charge in [-0.3, -0.25) is 0 Å². The molecule has 0 amide bonds. The van der Waals surface area contributed by atoms with E-state index in [4.69, 9.17) is 9.79 Å². The van der Waals surface area contributed by atoms with Crippen LogP contribution < -0.4 is 0 Å². The average Bonchev–Trinajstić information content (AvgIpc) is 1.66. The van der Waals surface area contributed by atoms with Crippen molar-refractivity contribution in [2.75, 3.05) is 5.75 Å². The Bertz CT molecular complexity index is 51.8. The van der Waals surface area contributed by atoms with Crippen LogP contribution in [0.15, 0.2) is 0 Å². The average molecular weight is 156 g/mol. The number of hydrogen-bond donors (Lipinski definition) is 2. The van der Waals surface area contributed by atoms with Crippen molar-refractivity contribution in [3.05, 3.63) is 0 Å². The minimum absolute atomic E-state index is 0.806. The van der Waals surface area contributed by atoms with E-state index in [1.54, 1.807) is 0 Å². The molecule has 0 heterocycles. The lowest BCUT2D eigenvalue weighted by atomic mass is 10.6. The van der Waals surface area contributed by atoms with Crippen LogP contribution in [0.2, 0.25) is 0 Å². The zero-order valence-electron chi connectivity index (χ0n) is 4.57. The van der Waals surface area contributed by atoms with Crippen LogP contribution in [0.3, 0.4) is 0 Å². The van der Waals surface area contributed by atoms with Crippen LogP contribution in [0.25, 0.3) is 0 Å². The monoisotopic (exact) mass is 156 g/mol. The summed E-state index contributed by atoms with van der Waals surface area (Å²) in [7, 11) is -2.15. The van der Waals surface area contributed by atoms with Crippen LogP contribution >= 0.6 is 20.6 Å². The van der Waals surface area contributed by atoms with Gasteiger partial charge in [0.25, 0.3) is 0 Å². The van der Waals surface area contributed by atoms with Crippen molar-refractivity contribution in [1.29, 1.82) is 0 Å². The van der Waals surface area contributed by atoms with Gasteiger partial charge in [0, 0.05) is 17.8 Å². The Morgan fingerprint density at radius 1 is 1.62 bits per heavy atom. The van der Waals surface area contributed by atoms with Gasteiger partial charge in [-0.1, -0.05) is 6.92 Å². The second kappa shape index (κ2) is 5.79. The van der Waals surface area contributed by atoms with E-state index in [1.165, 1.54) is 0 Å². The second-order valence-corrected chi connectivity index (χ2v) is 2.89. The van der Waals surface area contributed by atoms with Crippen LogP contribution in [-0.2, 0) is 3.97 Å². The lowest BCUT2D eigenvalue weighted by molar-refractivity contribution is 0.397. The summed E-state index contributed by atoms with van der Waals surface area (Å²) in [6.07, 6.45) is 0.980. The van der Waals surface area contributed by atoms with Gasteiger partial charge in [0.15, 0.2) is 0 Å². The molecule has 8 heavy (non-hydrogen) atoms. The Labute approximate surface area is 54.3 Å². The maximum Gasteiger partial charge on any atom is 0.339 e. The molecule has 0 saturated heterocycles. The summed E-state index contributed by atoms with van der Waals surface area (Å²) in [5, 5.41) is 0. The van der Waals surface area contributed by atoms with Gasteiger partial charge in [0.05, 0.1) is 0 Å². The number of rotatable bonds is 4. The van der Waals surface area contributed by atoms with Crippen molar-refractivity contribution >= 4 is 20.6 Å². The van der Waals surface area contributed by atoms with Gasteiger partial charge in [-0.15, -0.1) is 0 Å². The second-order valence-electron chi connectivity index (χ2n) is 1.15. The van der Waals surface area contributed by atoms with Crippen LogP contribution in [-0.4, -0.2) is 15.5 Å². The van der Waals surface area contributed by atoms with Gasteiger partial charge in [-0.2, -0.15) is 0 Å². The molecule has 0 aromatic heterocycles. The number of hydrogen-bond acceptors (Lipinski definition) is 4. The molecule has 0 bridgehead atoms. The molecule has 0 spiro atoms. The zero-order chi connectivity index (χ0) is 6.41. The lowest BCUT2D eigenvalue weighted by Gasteiger charge is -1.98. The predicted octanol–water partition coefficient (Wildman–Crippen LogP) is 1.27. The Morgan fingerprint density at radius 3 is 2.62 bits per heavy atom. The third kappa shape index (κ3) is 6.66. The first-order chi connectivity index (χ1) is 3.77. The van der Waals surface area contributed by atoms with Crippen molar-refractivity contribution in [2.45, 2.75) is 13.3 Å². The maximum absolute atomic E-state index is 8.16. The molecule has 50 valence electrons. The van der Waals surface area contributed by atoms with Gasteiger partial charge >= 0.3 is 8.60 Å². The minimum Gasteiger partial charge on any atom is -0.328 e. The molecule has 2 N–H and O–H groups in total. The highest BCUT2D eigenvalue weighted by atomic mass is 32.2. The Kier molecular flexibility index (Phi) is 6.27. The molecule has 0 aliphatic heterocycles. The quantitative estimate of drug-likeness (QED) is 0.365. The largest absolute Gasteiger partial charge is 0.339 e. The Hall–Kier alpha value is 0.660. The summed E-state index contributed by atoms with van der Waals surface area (Å²) in [5.41, 5.74) is 0. The molecule has 0 saturated carbocycles. The normalized spacial score (nSPS) is 10.5. The summed E-state index contributed by atoms with van der Waals surface area (Å²) in [4.78, 5) is 16.3. The summed E-state index contributed by atoms with van der Waals surface area (Å²) in [6.45, 7) is 1.99. The molecule has 0 aromatic carbocycles. The van der Waals surface area contributed by atoms with E-state index in [0.29, 0.717) is 0 Å². The van der Waals surface area contributed by atoms with Crippen molar-refractivity contribution in [3.63, 3.8) is 0 Å². The first-order valence-corrected chi connectivity index (χ1v) is 4.32. The van der Waals surface area contributed by atoms with Crippen LogP contribution in [0.5, 0.6) is 0 Å². The molecule has 0 radical (unpaired) electrons. The van der Waals surface area contributed by atoms with E-state index in [9.17, 15) is 0 Å². The highest BCUT2D eigenvalue weighted by Crippen LogP contribution is 2.31. The molecule has 0 aliphatic rings. The third-order valence-corrected chi connectivity index (χ3v) is 1.94. The highest BCUT2D eigenvalue weighted by molar-refractivity contribution is 7.97. The predicted molar refractivity (Wildman–Crippen MR) is 35.2 cm³/mol. The van der Waals surface area contributed by atoms with Gasteiger partial charge < -0.3 is 9.79 Å². The topological polar surface area (TPSA) is 49.7 Å². The molecule has 3 nitrogen and oxygen atoms in total. The van der Waals surface area contributed by atoms with Crippen LogP contribution in [0.4, 0.5) is 0 Å².